The molecule has 96 valence electrons. The fourth-order valence-electron chi connectivity index (χ4n) is 1.86. The van der Waals surface area contributed by atoms with Crippen molar-refractivity contribution in [3.05, 3.63) is 3.92 Å². The zero-order valence-corrected chi connectivity index (χ0v) is 12.8. The second kappa shape index (κ2) is 6.55. The highest BCUT2D eigenvalue weighted by Crippen LogP contribution is 2.28. The van der Waals surface area contributed by atoms with Crippen molar-refractivity contribution in [2.75, 3.05) is 25.0 Å². The third-order valence-corrected chi connectivity index (χ3v) is 4.19. The van der Waals surface area contributed by atoms with Crippen LogP contribution in [0.3, 0.4) is 0 Å². The van der Waals surface area contributed by atoms with Crippen LogP contribution in [0.15, 0.2) is 3.92 Å². The summed E-state index contributed by atoms with van der Waals surface area (Å²) in [6.45, 7) is 1.75. The number of anilines is 1. The Balaban J connectivity index is 0.00000144. The Bertz CT molecular complexity index is 379. The van der Waals surface area contributed by atoms with E-state index in [2.05, 4.69) is 36.3 Å². The van der Waals surface area contributed by atoms with E-state index in [4.69, 9.17) is 0 Å². The van der Waals surface area contributed by atoms with Crippen LogP contribution in [-0.4, -0.2) is 36.2 Å². The third-order valence-electron chi connectivity index (χ3n) is 2.77. The number of nitrogens with one attached hydrogen (secondary N) is 1. The van der Waals surface area contributed by atoms with Crippen molar-refractivity contribution in [1.29, 1.82) is 0 Å². The summed E-state index contributed by atoms with van der Waals surface area (Å²) >= 11 is 4.83. The number of hydrogen-bond acceptors (Lipinski definition) is 5. The molecule has 1 fully saturated rings. The number of carbonyl (C=O) groups excluding carboxylic acids is 1. The van der Waals surface area contributed by atoms with Gasteiger partial charge in [-0.1, -0.05) is 11.3 Å². The summed E-state index contributed by atoms with van der Waals surface area (Å²) in [5.41, 5.74) is 0. The molecule has 2 rings (SSSR count). The Hall–Kier alpha value is -0.340. The Labute approximate surface area is 120 Å². The molecule has 1 aromatic heterocycles. The molecule has 1 aromatic rings. The number of carbonyl (C=O) groups is 1. The highest BCUT2D eigenvalue weighted by molar-refractivity contribution is 9.11. The SMILES string of the molecule is CNC(=O)C1CCN(c2nnc(Br)s2)CC1.S. The van der Waals surface area contributed by atoms with Crippen LogP contribution >= 0.6 is 40.8 Å². The lowest BCUT2D eigenvalue weighted by molar-refractivity contribution is -0.125. The first-order valence-electron chi connectivity index (χ1n) is 5.16. The second-order valence-electron chi connectivity index (χ2n) is 3.71. The molecule has 2 heterocycles. The molecule has 0 unspecified atom stereocenters. The number of halogens is 1. The van der Waals surface area contributed by atoms with Gasteiger partial charge in [0.1, 0.15) is 0 Å². The summed E-state index contributed by atoms with van der Waals surface area (Å²) in [4.78, 5) is 13.6. The van der Waals surface area contributed by atoms with Crippen LogP contribution in [0.2, 0.25) is 0 Å². The van der Waals surface area contributed by atoms with E-state index in [9.17, 15) is 4.79 Å². The molecule has 0 aromatic carbocycles. The zero-order valence-electron chi connectivity index (χ0n) is 9.44. The van der Waals surface area contributed by atoms with Crippen molar-refractivity contribution in [3.63, 3.8) is 0 Å². The summed E-state index contributed by atoms with van der Waals surface area (Å²) in [7, 11) is 1.69. The molecular formula is C9H15BrN4OS2. The number of aromatic nitrogens is 2. The van der Waals surface area contributed by atoms with Crippen molar-refractivity contribution in [3.8, 4) is 0 Å². The van der Waals surface area contributed by atoms with Gasteiger partial charge in [0.05, 0.1) is 0 Å². The Morgan fingerprint density at radius 2 is 2.12 bits per heavy atom. The summed E-state index contributed by atoms with van der Waals surface area (Å²) < 4.78 is 0.802. The molecular weight excluding hydrogens is 324 g/mol. The number of hydrogen-bond donors (Lipinski definition) is 1. The van der Waals surface area contributed by atoms with E-state index >= 15 is 0 Å². The van der Waals surface area contributed by atoms with Crippen molar-refractivity contribution >= 4 is 51.8 Å². The first-order valence-corrected chi connectivity index (χ1v) is 6.77. The first kappa shape index (κ1) is 14.7. The lowest BCUT2D eigenvalue weighted by Gasteiger charge is -2.30. The van der Waals surface area contributed by atoms with Gasteiger partial charge in [-0.05, 0) is 28.8 Å². The number of rotatable bonds is 2. The minimum atomic E-state index is 0. The molecule has 1 aliphatic rings. The Morgan fingerprint density at radius 1 is 1.47 bits per heavy atom. The van der Waals surface area contributed by atoms with Crippen LogP contribution in [0.5, 0.6) is 0 Å². The fraction of sp³-hybridized carbons (Fsp3) is 0.667. The molecule has 1 aliphatic heterocycles. The third kappa shape index (κ3) is 3.56. The Morgan fingerprint density at radius 3 is 2.59 bits per heavy atom. The molecule has 0 saturated carbocycles. The first-order chi connectivity index (χ1) is 7.70. The van der Waals surface area contributed by atoms with Crippen LogP contribution in [0.25, 0.3) is 0 Å². The van der Waals surface area contributed by atoms with Gasteiger partial charge in [-0.15, -0.1) is 10.2 Å². The molecule has 17 heavy (non-hydrogen) atoms. The van der Waals surface area contributed by atoms with Crippen LogP contribution in [0, 0.1) is 5.92 Å². The standard InChI is InChI=1S/C9H13BrN4OS.H2S/c1-11-7(15)6-2-4-14(5-3-6)9-13-12-8(10)16-9;/h6H,2-5H2,1H3,(H,11,15);1H2. The van der Waals surface area contributed by atoms with E-state index in [1.54, 1.807) is 7.05 Å². The van der Waals surface area contributed by atoms with Crippen molar-refractivity contribution in [1.82, 2.24) is 15.5 Å². The number of piperidine rings is 1. The van der Waals surface area contributed by atoms with Crippen molar-refractivity contribution in [2.24, 2.45) is 5.92 Å². The largest absolute Gasteiger partial charge is 0.359 e. The molecule has 0 bridgehead atoms. The van der Waals surface area contributed by atoms with Crippen LogP contribution < -0.4 is 10.2 Å². The maximum atomic E-state index is 11.5. The molecule has 0 spiro atoms. The minimum absolute atomic E-state index is 0. The van der Waals surface area contributed by atoms with Crippen LogP contribution in [-0.2, 0) is 4.79 Å². The van der Waals surface area contributed by atoms with Crippen LogP contribution in [0.1, 0.15) is 12.8 Å². The van der Waals surface area contributed by atoms with Crippen molar-refractivity contribution < 1.29 is 4.79 Å². The maximum absolute atomic E-state index is 11.5. The van der Waals surface area contributed by atoms with Gasteiger partial charge in [0.15, 0.2) is 3.92 Å². The van der Waals surface area contributed by atoms with E-state index in [0.717, 1.165) is 35.0 Å². The predicted octanol–water partition coefficient (Wildman–Crippen LogP) is 1.38. The Kier molecular flexibility index (Phi) is 5.68. The second-order valence-corrected chi connectivity index (χ2v) is 5.95. The van der Waals surface area contributed by atoms with Gasteiger partial charge in [0.25, 0.3) is 0 Å². The van der Waals surface area contributed by atoms with Gasteiger partial charge in [-0.25, -0.2) is 0 Å². The zero-order chi connectivity index (χ0) is 11.5. The van der Waals surface area contributed by atoms with E-state index in [1.807, 2.05) is 0 Å². The van der Waals surface area contributed by atoms with Crippen molar-refractivity contribution in [2.45, 2.75) is 12.8 Å². The summed E-state index contributed by atoms with van der Waals surface area (Å²) in [5.74, 6) is 0.302. The number of nitrogens with zero attached hydrogens (tertiary/aromatic N) is 3. The highest BCUT2D eigenvalue weighted by atomic mass is 79.9. The molecule has 8 heteroatoms. The van der Waals surface area contributed by atoms with Gasteiger partial charge in [0, 0.05) is 26.1 Å². The molecule has 1 amide bonds. The summed E-state index contributed by atoms with van der Waals surface area (Å²) in [5, 5.41) is 11.6. The van der Waals surface area contributed by atoms with E-state index in [-0.39, 0.29) is 25.3 Å². The van der Waals surface area contributed by atoms with Gasteiger partial charge in [0.2, 0.25) is 11.0 Å². The van der Waals surface area contributed by atoms with E-state index in [1.165, 1.54) is 11.3 Å². The van der Waals surface area contributed by atoms with E-state index < -0.39 is 0 Å². The fourth-order valence-corrected chi connectivity index (χ4v) is 3.00. The molecule has 1 saturated heterocycles. The average Bonchev–Trinajstić information content (AvgIpc) is 2.75. The number of amides is 1. The monoisotopic (exact) mass is 338 g/mol. The molecule has 0 aliphatic carbocycles. The van der Waals surface area contributed by atoms with Crippen LogP contribution in [0.4, 0.5) is 5.13 Å². The van der Waals surface area contributed by atoms with Gasteiger partial charge >= 0.3 is 0 Å². The van der Waals surface area contributed by atoms with Gasteiger partial charge < -0.3 is 10.2 Å². The normalized spacial score (nSPS) is 16.5. The predicted molar refractivity (Wildman–Crippen MR) is 77.0 cm³/mol. The lowest BCUT2D eigenvalue weighted by Crippen LogP contribution is -2.39. The maximum Gasteiger partial charge on any atom is 0.222 e. The molecule has 0 atom stereocenters. The lowest BCUT2D eigenvalue weighted by atomic mass is 9.96. The quantitative estimate of drug-likeness (QED) is 0.884. The summed E-state index contributed by atoms with van der Waals surface area (Å²) in [6, 6.07) is 0. The topological polar surface area (TPSA) is 58.1 Å². The smallest absolute Gasteiger partial charge is 0.222 e. The summed E-state index contributed by atoms with van der Waals surface area (Å²) in [6.07, 6.45) is 1.77. The van der Waals surface area contributed by atoms with E-state index in [0.29, 0.717) is 0 Å². The van der Waals surface area contributed by atoms with Gasteiger partial charge in [-0.3, -0.25) is 4.79 Å². The minimum Gasteiger partial charge on any atom is -0.359 e. The van der Waals surface area contributed by atoms with Gasteiger partial charge in [-0.2, -0.15) is 13.5 Å². The molecule has 0 radical (unpaired) electrons. The molecule has 5 nitrogen and oxygen atoms in total. The average molecular weight is 339 g/mol. The highest BCUT2D eigenvalue weighted by Gasteiger charge is 2.25. The molecule has 1 N–H and O–H groups in total.